The van der Waals surface area contributed by atoms with Gasteiger partial charge in [-0.2, -0.15) is 4.99 Å². The number of carbonyl (C=O) groups excluding carboxylic acids is 2. The van der Waals surface area contributed by atoms with Crippen LogP contribution in [0.2, 0.25) is 10.0 Å². The number of nitrogens with zero attached hydrogens (tertiary/aromatic N) is 6. The van der Waals surface area contributed by atoms with Crippen LogP contribution < -0.4 is 29.9 Å². The molecule has 352 valence electrons. The van der Waals surface area contributed by atoms with Gasteiger partial charge in [-0.3, -0.25) is 0 Å². The molecule has 6 rings (SSSR count). The van der Waals surface area contributed by atoms with E-state index in [4.69, 9.17) is 33.4 Å². The zero-order valence-electron chi connectivity index (χ0n) is 32.3. The Morgan fingerprint density at radius 3 is 1.56 bits per heavy atom. The molecule has 2 aliphatic rings. The lowest BCUT2D eigenvalue weighted by Gasteiger charge is -2.35. The van der Waals surface area contributed by atoms with Gasteiger partial charge in [-0.05, 0) is 60.7 Å². The van der Waals surface area contributed by atoms with Crippen LogP contribution in [-0.2, 0) is 4.79 Å². The second-order valence-electron chi connectivity index (χ2n) is 13.0. The topological polar surface area (TPSA) is 205 Å². The zero-order chi connectivity index (χ0) is 45.5. The molecule has 2 aromatic heterocycles. The molecule has 0 saturated carbocycles. The van der Waals surface area contributed by atoms with Gasteiger partial charge in [0.25, 0.3) is 0 Å². The Balaban J connectivity index is 0.000000360. The Hall–Kier alpha value is -5.45. The van der Waals surface area contributed by atoms with Crippen LogP contribution in [0.1, 0.15) is 38.2 Å². The molecule has 2 aliphatic heterocycles. The van der Waals surface area contributed by atoms with Gasteiger partial charge in [-0.15, -0.1) is 26.3 Å². The molecule has 0 spiro atoms. The molecule has 16 nitrogen and oxygen atoms in total. The molecule has 2 fully saturated rings. The van der Waals surface area contributed by atoms with Crippen LogP contribution in [0.15, 0.2) is 78.0 Å². The number of rotatable bonds is 10. The average molecular weight is 954 g/mol. The fourth-order valence-corrected chi connectivity index (χ4v) is 6.24. The molecule has 0 bridgehead atoms. The number of aliphatic hydroxyl groups excluding tert-OH is 4. The molecule has 2 aromatic carbocycles. The Kier molecular flexibility index (Phi) is 22.0. The summed E-state index contributed by atoms with van der Waals surface area (Å²) in [5.41, 5.74) is 1.50. The van der Waals surface area contributed by atoms with E-state index in [1.165, 1.54) is 42.6 Å². The van der Waals surface area contributed by atoms with Crippen LogP contribution in [-0.4, -0.2) is 126 Å². The fourth-order valence-electron chi connectivity index (χ4n) is 5.65. The summed E-state index contributed by atoms with van der Waals surface area (Å²) in [4.78, 5) is 39.5. The van der Waals surface area contributed by atoms with Crippen LogP contribution >= 0.6 is 23.2 Å². The highest BCUT2D eigenvalue weighted by atomic mass is 35.5. The number of halogens is 8. The summed E-state index contributed by atoms with van der Waals surface area (Å²) in [5, 5.41) is 43.7. The van der Waals surface area contributed by atoms with Crippen molar-refractivity contribution in [3.05, 3.63) is 94.2 Å². The van der Waals surface area contributed by atoms with Crippen LogP contribution in [0.4, 0.5) is 54.1 Å². The highest BCUT2D eigenvalue weighted by molar-refractivity contribution is 6.33. The Morgan fingerprint density at radius 2 is 1.17 bits per heavy atom. The summed E-state index contributed by atoms with van der Waals surface area (Å²) in [7, 11) is 0. The summed E-state index contributed by atoms with van der Waals surface area (Å²) < 4.78 is 79.1. The lowest BCUT2D eigenvalue weighted by atomic mass is 10.1. The SMILES string of the molecule is C.C.O=C(Nc1ccc(OC(F)(F)F)cc1)N1CCN(c2ncc([C@H](O)CO)cc2Cl)CC1.O=C=Nc1ccc(OC(F)(F)F)cc1.OC[C@@H](O)c1cnc(N2CCNCC2)c(Cl)c1. The number of anilines is 3. The normalized spacial score (nSPS) is 14.7. The first-order valence-corrected chi connectivity index (χ1v) is 19.1. The minimum atomic E-state index is -4.78. The maximum atomic E-state index is 12.4. The highest BCUT2D eigenvalue weighted by Gasteiger charge is 2.32. The summed E-state index contributed by atoms with van der Waals surface area (Å²) in [6, 6.07) is 12.2. The molecule has 64 heavy (non-hydrogen) atoms. The summed E-state index contributed by atoms with van der Waals surface area (Å²) >= 11 is 12.4. The minimum Gasteiger partial charge on any atom is -0.406 e. The van der Waals surface area contributed by atoms with Crippen molar-refractivity contribution in [1.29, 1.82) is 0 Å². The third kappa shape index (κ3) is 17.6. The van der Waals surface area contributed by atoms with E-state index in [1.807, 2.05) is 4.90 Å². The molecular weight excluding hydrogens is 905 g/mol. The number of hydrogen-bond donors (Lipinski definition) is 6. The number of urea groups is 1. The second kappa shape index (κ2) is 25.7. The average Bonchev–Trinajstić information content (AvgIpc) is 3.24. The van der Waals surface area contributed by atoms with Crippen LogP contribution in [0.3, 0.4) is 0 Å². The van der Waals surface area contributed by atoms with Crippen LogP contribution in [0.5, 0.6) is 11.5 Å². The predicted octanol–water partition coefficient (Wildman–Crippen LogP) is 7.01. The van der Waals surface area contributed by atoms with Gasteiger partial charge < -0.3 is 55.2 Å². The van der Waals surface area contributed by atoms with Crippen molar-refractivity contribution < 1.29 is 65.8 Å². The molecule has 0 radical (unpaired) electrons. The molecule has 24 heteroatoms. The first-order valence-electron chi connectivity index (χ1n) is 18.3. The maximum absolute atomic E-state index is 12.4. The number of aliphatic hydroxyl groups is 4. The van der Waals surface area contributed by atoms with Crippen LogP contribution in [0, 0.1) is 0 Å². The summed E-state index contributed by atoms with van der Waals surface area (Å²) in [5.74, 6) is 0.515. The van der Waals surface area contributed by atoms with Crippen molar-refractivity contribution >= 4 is 58.3 Å². The van der Waals surface area contributed by atoms with E-state index in [0.29, 0.717) is 58.9 Å². The van der Waals surface area contributed by atoms with E-state index < -0.39 is 31.5 Å². The number of benzene rings is 2. The van der Waals surface area contributed by atoms with Gasteiger partial charge in [-0.25, -0.2) is 19.6 Å². The quantitative estimate of drug-likeness (QED) is 0.0539. The molecule has 0 aliphatic carbocycles. The van der Waals surface area contributed by atoms with Crippen molar-refractivity contribution in [1.82, 2.24) is 20.2 Å². The van der Waals surface area contributed by atoms with Crippen molar-refractivity contribution in [2.75, 3.05) is 80.7 Å². The number of alkyl halides is 6. The van der Waals surface area contributed by atoms with Gasteiger partial charge in [0.1, 0.15) is 35.3 Å². The van der Waals surface area contributed by atoms with Gasteiger partial charge in [-0.1, -0.05) is 38.1 Å². The van der Waals surface area contributed by atoms with Crippen molar-refractivity contribution in [3.63, 3.8) is 0 Å². The predicted molar refractivity (Wildman–Crippen MR) is 228 cm³/mol. The monoisotopic (exact) mass is 952 g/mol. The first kappa shape index (κ1) is 54.7. The Labute approximate surface area is 374 Å². The van der Waals surface area contributed by atoms with E-state index in [1.54, 1.807) is 17.2 Å². The number of hydrogen-bond acceptors (Lipinski definition) is 14. The summed E-state index contributed by atoms with van der Waals surface area (Å²) in [6.07, 6.45) is -7.21. The lowest BCUT2D eigenvalue weighted by molar-refractivity contribution is -0.275. The molecule has 2 atom stereocenters. The van der Waals surface area contributed by atoms with Crippen molar-refractivity contribution in [2.45, 2.75) is 39.8 Å². The smallest absolute Gasteiger partial charge is 0.406 e. The van der Waals surface area contributed by atoms with Gasteiger partial charge in [0.2, 0.25) is 6.08 Å². The van der Waals surface area contributed by atoms with E-state index in [9.17, 15) is 46.1 Å². The van der Waals surface area contributed by atoms with Crippen molar-refractivity contribution in [3.8, 4) is 11.5 Å². The lowest BCUT2D eigenvalue weighted by Crippen LogP contribution is -2.50. The van der Waals surface area contributed by atoms with Gasteiger partial charge >= 0.3 is 18.8 Å². The molecule has 2 amide bonds. The fraction of sp³-hybridized carbons (Fsp3) is 0.400. The van der Waals surface area contributed by atoms with E-state index in [2.05, 4.69) is 40.0 Å². The number of carbonyl (C=O) groups is 1. The highest BCUT2D eigenvalue weighted by Crippen LogP contribution is 2.29. The molecular formula is C40H48Cl2F6N8O8. The molecule has 4 heterocycles. The van der Waals surface area contributed by atoms with E-state index >= 15 is 0 Å². The molecule has 6 N–H and O–H groups in total. The first-order chi connectivity index (χ1) is 29.4. The van der Waals surface area contributed by atoms with E-state index in [-0.39, 0.29) is 44.7 Å². The minimum absolute atomic E-state index is 0. The van der Waals surface area contributed by atoms with Gasteiger partial charge in [0.05, 0.1) is 28.9 Å². The third-order valence-corrected chi connectivity index (χ3v) is 9.22. The summed E-state index contributed by atoms with van der Waals surface area (Å²) in [6.45, 7) is 4.47. The van der Waals surface area contributed by atoms with Gasteiger partial charge in [0.15, 0.2) is 0 Å². The van der Waals surface area contributed by atoms with E-state index in [0.717, 1.165) is 56.3 Å². The number of nitrogens with one attached hydrogen (secondary N) is 2. The molecule has 0 unspecified atom stereocenters. The number of isocyanates is 1. The number of pyridine rings is 2. The molecule has 4 aromatic rings. The number of aliphatic imine (C=N–C) groups is 1. The van der Waals surface area contributed by atoms with Crippen LogP contribution in [0.25, 0.3) is 0 Å². The molecule has 2 saturated heterocycles. The Bertz CT molecular complexity index is 2090. The number of ether oxygens (including phenoxy) is 2. The number of aromatic nitrogens is 2. The third-order valence-electron chi connectivity index (χ3n) is 8.67. The van der Waals surface area contributed by atoms with Gasteiger partial charge in [0, 0.05) is 81.6 Å². The zero-order valence-corrected chi connectivity index (χ0v) is 33.8. The number of piperazine rings is 2. The maximum Gasteiger partial charge on any atom is 0.573 e. The standard InChI is InChI=1S/C19H20ClF3N4O4.C11H16ClN3O2.C8H4F3NO2.2CH4/c20-15-9-12(16(29)11-28)10-24-17(15)26-5-7-27(8-6-26)18(30)25-13-1-3-14(4-2-13)31-19(21,22)23;12-9-5-8(10(17)7-16)6-14-11(9)15-3-1-13-2-4-15;9-8(10,11)14-7-3-1-6(2-4-7)12-5-13;;/h1-4,9-10,16,28-29H,5-8,11H2,(H,25,30);5-6,10,13,16-17H,1-4,7H2;1-4H;2*1H4/t16-;10-;;;/m11.../s1. The number of amides is 2. The largest absolute Gasteiger partial charge is 0.573 e. The van der Waals surface area contributed by atoms with Crippen molar-refractivity contribution in [2.24, 2.45) is 4.99 Å². The Morgan fingerprint density at radius 1 is 0.750 bits per heavy atom. The second-order valence-corrected chi connectivity index (χ2v) is 13.8.